The van der Waals surface area contributed by atoms with Crippen LogP contribution in [0.5, 0.6) is 5.88 Å². The molecule has 0 radical (unpaired) electrons. The van der Waals surface area contributed by atoms with E-state index >= 15 is 0 Å². The summed E-state index contributed by atoms with van der Waals surface area (Å²) < 4.78 is 10.2. The Hall–Kier alpha value is -3.07. The van der Waals surface area contributed by atoms with Crippen LogP contribution in [0.15, 0.2) is 47.5 Å². The van der Waals surface area contributed by atoms with Crippen LogP contribution in [0.4, 0.5) is 0 Å². The van der Waals surface area contributed by atoms with E-state index in [1.807, 2.05) is 52.7 Å². The van der Waals surface area contributed by atoms with Gasteiger partial charge in [-0.3, -0.25) is 0 Å². The monoisotopic (exact) mass is 465 g/mol. The molecule has 1 aliphatic heterocycles. The van der Waals surface area contributed by atoms with E-state index in [0.29, 0.717) is 17.4 Å². The first kappa shape index (κ1) is 18.9. The van der Waals surface area contributed by atoms with Crippen molar-refractivity contribution < 1.29 is 4.74 Å². The molecule has 0 saturated heterocycles. The van der Waals surface area contributed by atoms with Crippen molar-refractivity contribution in [3.63, 3.8) is 0 Å². The topological polar surface area (TPSA) is 83.5 Å². The Labute approximate surface area is 182 Å². The maximum absolute atomic E-state index is 5.54. The summed E-state index contributed by atoms with van der Waals surface area (Å²) in [4.78, 5) is 18.4. The van der Waals surface area contributed by atoms with Crippen molar-refractivity contribution in [2.45, 2.75) is 32.2 Å². The third-order valence-electron chi connectivity index (χ3n) is 5.22. The smallest absolute Gasteiger partial charge is 0.238 e. The summed E-state index contributed by atoms with van der Waals surface area (Å²) >= 11 is 3.47. The van der Waals surface area contributed by atoms with Crippen LogP contribution >= 0.6 is 15.9 Å². The van der Waals surface area contributed by atoms with Gasteiger partial charge in [0.05, 0.1) is 30.7 Å². The zero-order valence-corrected chi connectivity index (χ0v) is 18.2. The number of nitrogens with zero attached hydrogens (tertiary/aromatic N) is 7. The fourth-order valence-electron chi connectivity index (χ4n) is 3.81. The van der Waals surface area contributed by atoms with Crippen LogP contribution in [-0.2, 0) is 6.54 Å². The minimum Gasteiger partial charge on any atom is -0.479 e. The quantitative estimate of drug-likeness (QED) is 0.424. The number of aromatic nitrogens is 7. The van der Waals surface area contributed by atoms with Gasteiger partial charge in [-0.1, -0.05) is 6.07 Å². The van der Waals surface area contributed by atoms with Crippen LogP contribution in [-0.4, -0.2) is 41.4 Å². The number of hydrogen-bond acceptors (Lipinski definition) is 6. The third-order valence-corrected chi connectivity index (χ3v) is 5.66. The van der Waals surface area contributed by atoms with Gasteiger partial charge in [0.15, 0.2) is 5.82 Å². The highest BCUT2D eigenvalue weighted by Gasteiger charge is 2.27. The Morgan fingerprint density at radius 1 is 1.13 bits per heavy atom. The molecule has 5 heterocycles. The van der Waals surface area contributed by atoms with Crippen molar-refractivity contribution in [2.75, 3.05) is 7.11 Å². The number of hydrogen-bond donors (Lipinski definition) is 0. The average Bonchev–Trinajstić information content (AvgIpc) is 3.39. The fourth-order valence-corrected chi connectivity index (χ4v) is 4.17. The number of fused-ring (bicyclic) bond motifs is 1. The van der Waals surface area contributed by atoms with E-state index < -0.39 is 0 Å². The molecule has 5 rings (SSSR count). The highest BCUT2D eigenvalue weighted by atomic mass is 79.9. The van der Waals surface area contributed by atoms with Gasteiger partial charge in [-0.25, -0.2) is 24.6 Å². The molecule has 0 fully saturated rings. The maximum atomic E-state index is 5.54. The summed E-state index contributed by atoms with van der Waals surface area (Å²) in [6, 6.07) is 9.85. The molecule has 0 amide bonds. The van der Waals surface area contributed by atoms with Crippen molar-refractivity contribution >= 4 is 15.9 Å². The highest BCUT2D eigenvalue weighted by molar-refractivity contribution is 9.10. The Kier molecular flexibility index (Phi) is 4.82. The molecule has 9 heteroatoms. The maximum Gasteiger partial charge on any atom is 0.238 e. The normalized spacial score (nSPS) is 15.8. The Bertz CT molecular complexity index is 1220. The number of methoxy groups -OCH3 is 1. The Morgan fingerprint density at radius 2 is 2.03 bits per heavy atom. The molecule has 1 aliphatic rings. The van der Waals surface area contributed by atoms with Crippen LogP contribution in [0.3, 0.4) is 0 Å². The van der Waals surface area contributed by atoms with Gasteiger partial charge in [0.2, 0.25) is 5.88 Å². The predicted molar refractivity (Wildman–Crippen MR) is 115 cm³/mol. The number of rotatable bonds is 4. The van der Waals surface area contributed by atoms with Gasteiger partial charge >= 0.3 is 0 Å². The molecule has 152 valence electrons. The first-order chi connectivity index (χ1) is 14.6. The van der Waals surface area contributed by atoms with E-state index in [4.69, 9.17) is 14.8 Å². The van der Waals surface area contributed by atoms with Gasteiger partial charge in [-0.15, -0.1) is 5.10 Å². The number of halogens is 1. The van der Waals surface area contributed by atoms with Crippen molar-refractivity contribution in [3.8, 4) is 23.1 Å². The second-order valence-corrected chi connectivity index (χ2v) is 8.06. The van der Waals surface area contributed by atoms with Gasteiger partial charge in [0, 0.05) is 12.7 Å². The molecule has 0 saturated carbocycles. The lowest BCUT2D eigenvalue weighted by molar-refractivity contribution is 0.396. The van der Waals surface area contributed by atoms with Crippen molar-refractivity contribution in [1.29, 1.82) is 0 Å². The van der Waals surface area contributed by atoms with Crippen molar-refractivity contribution in [1.82, 2.24) is 34.3 Å². The molecule has 4 aromatic rings. The highest BCUT2D eigenvalue weighted by Crippen LogP contribution is 2.33. The Balaban J connectivity index is 1.53. The lowest BCUT2D eigenvalue weighted by atomic mass is 9.95. The van der Waals surface area contributed by atoms with Crippen LogP contribution in [0.1, 0.15) is 36.0 Å². The number of pyridine rings is 2. The summed E-state index contributed by atoms with van der Waals surface area (Å²) in [6.45, 7) is 2.79. The standard InChI is InChI=1S/C21H20BrN7O/c1-13-11-28(12-23-13)17-9-8-16(25-21(17)30-2)19-26-20-14(5-4-10-29(20)27-19)15-6-3-7-18(22)24-15/h3,6-9,11-12,14H,4-5,10H2,1-2H3/t14-/m0/s1. The molecule has 1 atom stereocenters. The second-order valence-electron chi connectivity index (χ2n) is 7.24. The second kappa shape index (κ2) is 7.64. The summed E-state index contributed by atoms with van der Waals surface area (Å²) in [5.41, 5.74) is 3.43. The molecular weight excluding hydrogens is 446 g/mol. The number of aryl methyl sites for hydroxylation is 2. The first-order valence-electron chi connectivity index (χ1n) is 9.76. The zero-order chi connectivity index (χ0) is 20.7. The van der Waals surface area contributed by atoms with Gasteiger partial charge in [-0.05, 0) is 60.0 Å². The summed E-state index contributed by atoms with van der Waals surface area (Å²) in [6.07, 6.45) is 5.71. The van der Waals surface area contributed by atoms with Crippen molar-refractivity contribution in [2.24, 2.45) is 0 Å². The van der Waals surface area contributed by atoms with Crippen LogP contribution in [0.2, 0.25) is 0 Å². The molecule has 0 bridgehead atoms. The lowest BCUT2D eigenvalue weighted by Crippen LogP contribution is -2.18. The molecular formula is C21H20BrN7O. The van der Waals surface area contributed by atoms with Gasteiger partial charge < -0.3 is 9.30 Å². The minimum absolute atomic E-state index is 0.118. The third kappa shape index (κ3) is 3.39. The molecule has 4 aromatic heterocycles. The lowest BCUT2D eigenvalue weighted by Gasteiger charge is -2.21. The Morgan fingerprint density at radius 3 is 2.80 bits per heavy atom. The van der Waals surface area contributed by atoms with E-state index in [2.05, 4.69) is 30.9 Å². The predicted octanol–water partition coefficient (Wildman–Crippen LogP) is 3.93. The molecule has 8 nitrogen and oxygen atoms in total. The van der Waals surface area contributed by atoms with E-state index in [0.717, 1.165) is 46.9 Å². The summed E-state index contributed by atoms with van der Waals surface area (Å²) in [5.74, 6) is 2.14. The number of ether oxygens (including phenoxy) is 1. The average molecular weight is 466 g/mol. The van der Waals surface area contributed by atoms with Crippen molar-refractivity contribution in [3.05, 3.63) is 64.7 Å². The van der Waals surface area contributed by atoms with Crippen LogP contribution in [0, 0.1) is 6.92 Å². The van der Waals surface area contributed by atoms with E-state index in [9.17, 15) is 0 Å². The van der Waals surface area contributed by atoms with E-state index in [1.165, 1.54) is 0 Å². The van der Waals surface area contributed by atoms with E-state index in [1.54, 1.807) is 13.4 Å². The largest absolute Gasteiger partial charge is 0.479 e. The van der Waals surface area contributed by atoms with Crippen LogP contribution < -0.4 is 4.74 Å². The molecule has 0 aromatic carbocycles. The molecule has 0 unspecified atom stereocenters. The molecule has 0 aliphatic carbocycles. The first-order valence-corrected chi connectivity index (χ1v) is 10.6. The number of imidazole rings is 1. The fraction of sp³-hybridized carbons (Fsp3) is 0.286. The van der Waals surface area contributed by atoms with Gasteiger partial charge in [-0.2, -0.15) is 0 Å². The summed E-state index contributed by atoms with van der Waals surface area (Å²) in [5, 5.41) is 4.73. The molecule has 0 spiro atoms. The summed E-state index contributed by atoms with van der Waals surface area (Å²) in [7, 11) is 1.61. The molecule has 30 heavy (non-hydrogen) atoms. The van der Waals surface area contributed by atoms with Gasteiger partial charge in [0.25, 0.3) is 0 Å². The minimum atomic E-state index is 0.118. The van der Waals surface area contributed by atoms with E-state index in [-0.39, 0.29) is 5.92 Å². The van der Waals surface area contributed by atoms with Gasteiger partial charge in [0.1, 0.15) is 21.8 Å². The zero-order valence-electron chi connectivity index (χ0n) is 16.7. The molecule has 0 N–H and O–H groups in total. The van der Waals surface area contributed by atoms with Crippen LogP contribution in [0.25, 0.3) is 17.2 Å². The SMILES string of the molecule is COc1nc(-c2nc3n(n2)CCC[C@H]3c2cccc(Br)n2)ccc1-n1cnc(C)c1.